The molecule has 4 fully saturated rings. The van der Waals surface area contributed by atoms with Crippen molar-refractivity contribution >= 4 is 11.6 Å². The van der Waals surface area contributed by atoms with E-state index in [1.807, 2.05) is 6.07 Å². The van der Waals surface area contributed by atoms with Crippen molar-refractivity contribution in [3.8, 4) is 11.8 Å². The molecule has 4 aliphatic carbocycles. The van der Waals surface area contributed by atoms with Crippen molar-refractivity contribution in [3.05, 3.63) is 36.0 Å². The van der Waals surface area contributed by atoms with Crippen LogP contribution in [-0.4, -0.2) is 16.6 Å². The monoisotopic (exact) mass is 337 g/mol. The molecule has 0 aliphatic heterocycles. The van der Waals surface area contributed by atoms with Gasteiger partial charge in [0.25, 0.3) is 5.91 Å². The van der Waals surface area contributed by atoms with Crippen molar-refractivity contribution in [2.45, 2.75) is 44.1 Å². The molecular weight excluding hydrogens is 314 g/mol. The van der Waals surface area contributed by atoms with Crippen molar-refractivity contribution in [1.29, 1.82) is 5.26 Å². The third kappa shape index (κ3) is 3.21. The van der Waals surface area contributed by atoms with Crippen LogP contribution in [0.5, 0.6) is 5.75 Å². The summed E-state index contributed by atoms with van der Waals surface area (Å²) in [5.41, 5.74) is 0.720. The van der Waals surface area contributed by atoms with Crippen molar-refractivity contribution in [3.63, 3.8) is 0 Å². The molecule has 0 unspecified atom stereocenters. The van der Waals surface area contributed by atoms with Gasteiger partial charge in [-0.3, -0.25) is 4.79 Å². The first kappa shape index (κ1) is 16.0. The third-order valence-electron chi connectivity index (χ3n) is 6.05. The van der Waals surface area contributed by atoms with Gasteiger partial charge in [-0.05, 0) is 80.5 Å². The molecule has 5 nitrogen and oxygen atoms in total. The van der Waals surface area contributed by atoms with E-state index in [0.29, 0.717) is 5.69 Å². The molecule has 0 radical (unpaired) electrons. The standard InChI is InChI=1S/C20H23N3O2/c21-11-16(19(25)23-17-1-3-18(24)4-2-17)12-22-20-8-13-5-14(9-20)7-15(6-13)10-20/h1-4,12-15,22,24H,5-10H2,(H,23,25)/b16-12-. The smallest absolute Gasteiger partial charge is 0.267 e. The van der Waals surface area contributed by atoms with Crippen LogP contribution in [0.15, 0.2) is 36.0 Å². The van der Waals surface area contributed by atoms with Gasteiger partial charge in [0.1, 0.15) is 17.4 Å². The lowest BCUT2D eigenvalue weighted by Gasteiger charge is -2.56. The van der Waals surface area contributed by atoms with Gasteiger partial charge in [0, 0.05) is 17.4 Å². The second-order valence-corrected chi connectivity index (χ2v) is 8.01. The summed E-state index contributed by atoms with van der Waals surface area (Å²) >= 11 is 0. The number of nitriles is 1. The van der Waals surface area contributed by atoms with Crippen LogP contribution in [0.25, 0.3) is 0 Å². The summed E-state index contributed by atoms with van der Waals surface area (Å²) in [7, 11) is 0. The lowest BCUT2D eigenvalue weighted by atomic mass is 9.53. The zero-order valence-corrected chi connectivity index (χ0v) is 14.2. The molecule has 3 N–H and O–H groups in total. The Morgan fingerprint density at radius 2 is 1.68 bits per heavy atom. The summed E-state index contributed by atoms with van der Waals surface area (Å²) in [6, 6.07) is 8.21. The summed E-state index contributed by atoms with van der Waals surface area (Å²) in [6.07, 6.45) is 9.17. The first-order chi connectivity index (χ1) is 12.0. The first-order valence-corrected chi connectivity index (χ1v) is 9.03. The van der Waals surface area contributed by atoms with Crippen LogP contribution in [-0.2, 0) is 4.79 Å². The largest absolute Gasteiger partial charge is 0.508 e. The van der Waals surface area contributed by atoms with Gasteiger partial charge in [0.15, 0.2) is 0 Å². The quantitative estimate of drug-likeness (QED) is 0.447. The van der Waals surface area contributed by atoms with E-state index in [0.717, 1.165) is 37.0 Å². The molecule has 1 aromatic carbocycles. The van der Waals surface area contributed by atoms with Crippen LogP contribution in [0.4, 0.5) is 5.69 Å². The normalized spacial score (nSPS) is 32.9. The number of rotatable bonds is 4. The Hall–Kier alpha value is -2.48. The molecule has 0 atom stereocenters. The Balaban J connectivity index is 1.45. The van der Waals surface area contributed by atoms with E-state index in [4.69, 9.17) is 0 Å². The molecule has 130 valence electrons. The van der Waals surface area contributed by atoms with E-state index in [1.165, 1.54) is 31.4 Å². The Labute approximate surface area is 147 Å². The van der Waals surface area contributed by atoms with Gasteiger partial charge in [-0.1, -0.05) is 0 Å². The van der Waals surface area contributed by atoms with Crippen molar-refractivity contribution in [1.82, 2.24) is 5.32 Å². The number of nitrogens with one attached hydrogen (secondary N) is 2. The van der Waals surface area contributed by atoms with Crippen molar-refractivity contribution < 1.29 is 9.90 Å². The van der Waals surface area contributed by atoms with Crippen molar-refractivity contribution in [2.75, 3.05) is 5.32 Å². The Morgan fingerprint density at radius 3 is 2.20 bits per heavy atom. The Bertz CT molecular complexity index is 710. The minimum Gasteiger partial charge on any atom is -0.508 e. The number of amides is 1. The van der Waals surface area contributed by atoms with Crippen LogP contribution in [0.2, 0.25) is 0 Å². The number of anilines is 1. The molecule has 4 aliphatic rings. The van der Waals surface area contributed by atoms with Gasteiger partial charge in [0.05, 0.1) is 0 Å². The Morgan fingerprint density at radius 1 is 1.12 bits per heavy atom. The maximum atomic E-state index is 12.3. The summed E-state index contributed by atoms with van der Waals surface area (Å²) in [5.74, 6) is 2.14. The zero-order chi connectivity index (χ0) is 17.4. The highest BCUT2D eigenvalue weighted by molar-refractivity contribution is 6.06. The fourth-order valence-electron chi connectivity index (χ4n) is 5.40. The fraction of sp³-hybridized carbons (Fsp3) is 0.500. The van der Waals surface area contributed by atoms with E-state index in [1.54, 1.807) is 18.3 Å². The van der Waals surface area contributed by atoms with E-state index in [-0.39, 0.29) is 16.9 Å². The lowest BCUT2D eigenvalue weighted by molar-refractivity contribution is -0.112. The minimum absolute atomic E-state index is 0.0790. The number of hydrogen-bond donors (Lipinski definition) is 3. The molecule has 5 heteroatoms. The third-order valence-corrected chi connectivity index (χ3v) is 6.05. The highest BCUT2D eigenvalue weighted by atomic mass is 16.3. The number of hydrogen-bond acceptors (Lipinski definition) is 4. The number of phenols is 1. The van der Waals surface area contributed by atoms with Crippen LogP contribution >= 0.6 is 0 Å². The van der Waals surface area contributed by atoms with Gasteiger partial charge < -0.3 is 15.7 Å². The average Bonchev–Trinajstić information content (AvgIpc) is 2.56. The van der Waals surface area contributed by atoms with E-state index >= 15 is 0 Å². The number of benzene rings is 1. The molecule has 0 saturated heterocycles. The summed E-state index contributed by atoms with van der Waals surface area (Å²) < 4.78 is 0. The SMILES string of the molecule is N#C/C(=C/NC12CC3CC(CC(C3)C1)C2)C(=O)Nc1ccc(O)cc1. The van der Waals surface area contributed by atoms with Gasteiger partial charge >= 0.3 is 0 Å². The van der Waals surface area contributed by atoms with Crippen molar-refractivity contribution in [2.24, 2.45) is 17.8 Å². The maximum absolute atomic E-state index is 12.3. The highest BCUT2D eigenvalue weighted by Crippen LogP contribution is 2.55. The minimum atomic E-state index is -0.426. The zero-order valence-electron chi connectivity index (χ0n) is 14.2. The number of carbonyl (C=O) groups is 1. The van der Waals surface area contributed by atoms with Gasteiger partial charge in [-0.25, -0.2) is 0 Å². The van der Waals surface area contributed by atoms with Gasteiger partial charge in [0.2, 0.25) is 0 Å². The maximum Gasteiger partial charge on any atom is 0.267 e. The summed E-state index contributed by atoms with van der Waals surface area (Å²) in [5, 5.41) is 24.8. The number of phenolic OH excluding ortho intramolecular Hbond substituents is 1. The van der Waals surface area contributed by atoms with Crippen LogP contribution in [0.3, 0.4) is 0 Å². The fourth-order valence-corrected chi connectivity index (χ4v) is 5.40. The summed E-state index contributed by atoms with van der Waals surface area (Å²) in [4.78, 5) is 12.3. The molecule has 0 heterocycles. The van der Waals surface area contributed by atoms with E-state index in [2.05, 4.69) is 10.6 Å². The Kier molecular flexibility index (Phi) is 3.91. The average molecular weight is 337 g/mol. The molecule has 25 heavy (non-hydrogen) atoms. The first-order valence-electron chi connectivity index (χ1n) is 9.03. The van der Waals surface area contributed by atoms with E-state index in [9.17, 15) is 15.2 Å². The molecule has 1 amide bonds. The molecule has 0 spiro atoms. The van der Waals surface area contributed by atoms with Crippen LogP contribution in [0.1, 0.15) is 38.5 Å². The topological polar surface area (TPSA) is 85.2 Å². The second kappa shape index (κ2) is 6.11. The molecule has 1 aromatic rings. The van der Waals surface area contributed by atoms with Gasteiger partial charge in [-0.2, -0.15) is 5.26 Å². The highest BCUT2D eigenvalue weighted by Gasteiger charge is 2.50. The summed E-state index contributed by atoms with van der Waals surface area (Å²) in [6.45, 7) is 0. The molecule has 4 bridgehead atoms. The number of aromatic hydroxyl groups is 1. The lowest BCUT2D eigenvalue weighted by Crippen LogP contribution is -2.57. The van der Waals surface area contributed by atoms with E-state index < -0.39 is 5.91 Å². The van der Waals surface area contributed by atoms with Crippen LogP contribution < -0.4 is 10.6 Å². The predicted molar refractivity (Wildman–Crippen MR) is 94.5 cm³/mol. The van der Waals surface area contributed by atoms with Crippen LogP contribution in [0, 0.1) is 29.1 Å². The number of nitrogens with zero attached hydrogens (tertiary/aromatic N) is 1. The number of carbonyl (C=O) groups excluding carboxylic acids is 1. The predicted octanol–water partition coefficient (Wildman–Crippen LogP) is 3.30. The second-order valence-electron chi connectivity index (χ2n) is 8.01. The molecule has 0 aromatic heterocycles. The molecular formula is C20H23N3O2. The van der Waals surface area contributed by atoms with Gasteiger partial charge in [-0.15, -0.1) is 0 Å². The molecule has 4 saturated carbocycles. The molecule has 5 rings (SSSR count).